The van der Waals surface area contributed by atoms with E-state index in [-0.39, 0.29) is 16.4 Å². The number of nitrogens with zero attached hydrogens (tertiary/aromatic N) is 1. The van der Waals surface area contributed by atoms with Gasteiger partial charge in [0.25, 0.3) is 5.69 Å². The van der Waals surface area contributed by atoms with Gasteiger partial charge in [0.2, 0.25) is 0 Å². The number of hydrogen-bond acceptors (Lipinski definition) is 5. The molecule has 128 valence electrons. The van der Waals surface area contributed by atoms with Gasteiger partial charge in [-0.15, -0.1) is 0 Å². The molecule has 0 aromatic heterocycles. The van der Waals surface area contributed by atoms with E-state index in [1.807, 2.05) is 13.8 Å². The van der Waals surface area contributed by atoms with Gasteiger partial charge in [-0.1, -0.05) is 25.4 Å². The Morgan fingerprint density at radius 3 is 2.43 bits per heavy atom. The molecule has 0 saturated carbocycles. The Bertz CT molecular complexity index is 597. The Kier molecular flexibility index (Phi) is 6.20. The Labute approximate surface area is 140 Å². The summed E-state index contributed by atoms with van der Waals surface area (Å²) < 4.78 is 5.12. The van der Waals surface area contributed by atoms with Crippen LogP contribution in [0.5, 0.6) is 0 Å². The second-order valence-corrected chi connectivity index (χ2v) is 6.92. The van der Waals surface area contributed by atoms with Crippen molar-refractivity contribution in [3.8, 4) is 0 Å². The first-order valence-electron chi connectivity index (χ1n) is 7.21. The Morgan fingerprint density at radius 2 is 1.96 bits per heavy atom. The average molecular weight is 344 g/mol. The lowest BCUT2D eigenvalue weighted by Crippen LogP contribution is -2.27. The van der Waals surface area contributed by atoms with Gasteiger partial charge in [-0.2, -0.15) is 0 Å². The monoisotopic (exact) mass is 343 g/mol. The van der Waals surface area contributed by atoms with Crippen molar-refractivity contribution in [3.63, 3.8) is 0 Å². The molecule has 1 amide bonds. The number of halogens is 1. The molecule has 7 nitrogen and oxygen atoms in total. The molecule has 0 fully saturated rings. The van der Waals surface area contributed by atoms with E-state index >= 15 is 0 Å². The summed E-state index contributed by atoms with van der Waals surface area (Å²) in [6, 6.07) is 2.64. The molecule has 1 rings (SSSR count). The van der Waals surface area contributed by atoms with Gasteiger partial charge < -0.3 is 10.1 Å². The van der Waals surface area contributed by atoms with Gasteiger partial charge in [0.05, 0.1) is 15.6 Å². The van der Waals surface area contributed by atoms with Gasteiger partial charge in [0, 0.05) is 12.6 Å². The maximum absolute atomic E-state index is 11.9. The van der Waals surface area contributed by atoms with E-state index in [1.165, 1.54) is 12.1 Å². The number of rotatable bonds is 5. The normalized spacial score (nSPS) is 11.3. The molecule has 0 aliphatic heterocycles. The van der Waals surface area contributed by atoms with E-state index in [1.54, 1.807) is 20.8 Å². The fourth-order valence-electron chi connectivity index (χ4n) is 1.68. The number of nitrogens with one attached hydrogen (secondary N) is 2. The van der Waals surface area contributed by atoms with Crippen molar-refractivity contribution >= 4 is 34.8 Å². The Morgan fingerprint density at radius 1 is 1.35 bits per heavy atom. The summed E-state index contributed by atoms with van der Waals surface area (Å²) in [7, 11) is 0. The van der Waals surface area contributed by atoms with Crippen molar-refractivity contribution in [2.45, 2.75) is 40.2 Å². The molecule has 0 radical (unpaired) electrons. The standard InChI is InChI=1S/C15H22ClN3O4/c1-9(2)8-17-11-7-12(13(19(21)22)6-10(11)16)18-14(20)23-15(3,4)5/h6-7,9,17H,8H2,1-5H3,(H,18,20). The fourth-order valence-corrected chi connectivity index (χ4v) is 1.90. The highest BCUT2D eigenvalue weighted by atomic mass is 35.5. The number of carbonyl (C=O) groups is 1. The molecule has 0 aliphatic carbocycles. The van der Waals surface area contributed by atoms with Crippen molar-refractivity contribution in [1.29, 1.82) is 0 Å². The topological polar surface area (TPSA) is 93.5 Å². The molecular formula is C15H22ClN3O4. The van der Waals surface area contributed by atoms with Crippen molar-refractivity contribution in [2.75, 3.05) is 17.2 Å². The van der Waals surface area contributed by atoms with Crippen molar-refractivity contribution in [2.24, 2.45) is 5.92 Å². The molecule has 0 heterocycles. The van der Waals surface area contributed by atoms with Crippen LogP contribution in [0.15, 0.2) is 12.1 Å². The predicted octanol–water partition coefficient (Wildman–Crippen LogP) is 4.66. The van der Waals surface area contributed by atoms with Gasteiger partial charge >= 0.3 is 6.09 Å². The molecule has 2 N–H and O–H groups in total. The minimum Gasteiger partial charge on any atom is -0.444 e. The highest BCUT2D eigenvalue weighted by Crippen LogP contribution is 2.34. The number of amides is 1. The van der Waals surface area contributed by atoms with Crippen LogP contribution in [0.1, 0.15) is 34.6 Å². The highest BCUT2D eigenvalue weighted by Gasteiger charge is 2.22. The first-order chi connectivity index (χ1) is 10.5. The Balaban J connectivity index is 3.09. The summed E-state index contributed by atoms with van der Waals surface area (Å²) in [4.78, 5) is 22.4. The van der Waals surface area contributed by atoms with Gasteiger partial charge in [-0.05, 0) is 32.8 Å². The van der Waals surface area contributed by atoms with Crippen LogP contribution < -0.4 is 10.6 Å². The summed E-state index contributed by atoms with van der Waals surface area (Å²) >= 11 is 6.06. The van der Waals surface area contributed by atoms with Gasteiger partial charge in [0.1, 0.15) is 11.3 Å². The lowest BCUT2D eigenvalue weighted by atomic mass is 10.2. The largest absolute Gasteiger partial charge is 0.444 e. The van der Waals surface area contributed by atoms with Crippen LogP contribution in [-0.2, 0) is 4.74 Å². The van der Waals surface area contributed by atoms with E-state index in [9.17, 15) is 14.9 Å². The third-order valence-corrected chi connectivity index (χ3v) is 2.93. The number of benzene rings is 1. The minimum absolute atomic E-state index is 0.0277. The number of hydrogen-bond donors (Lipinski definition) is 2. The quantitative estimate of drug-likeness (QED) is 0.598. The minimum atomic E-state index is -0.766. The zero-order valence-electron chi connectivity index (χ0n) is 13.9. The summed E-state index contributed by atoms with van der Waals surface area (Å²) in [6.45, 7) is 9.80. The number of carbonyl (C=O) groups excluding carboxylic acids is 1. The van der Waals surface area contributed by atoms with Crippen LogP contribution in [0.2, 0.25) is 5.02 Å². The molecule has 8 heteroatoms. The summed E-state index contributed by atoms with van der Waals surface area (Å²) in [5.41, 5.74) is -0.461. The third-order valence-electron chi connectivity index (χ3n) is 2.62. The van der Waals surface area contributed by atoms with Crippen LogP contribution in [0.4, 0.5) is 21.9 Å². The van der Waals surface area contributed by atoms with Crippen molar-refractivity contribution in [3.05, 3.63) is 27.3 Å². The van der Waals surface area contributed by atoms with Crippen LogP contribution in [-0.4, -0.2) is 23.2 Å². The maximum atomic E-state index is 11.9. The van der Waals surface area contributed by atoms with E-state index in [2.05, 4.69) is 10.6 Å². The lowest BCUT2D eigenvalue weighted by molar-refractivity contribution is -0.383. The first kappa shape index (κ1) is 19.0. The Hall–Kier alpha value is -2.02. The number of anilines is 2. The second kappa shape index (κ2) is 7.50. The van der Waals surface area contributed by atoms with E-state index in [4.69, 9.17) is 16.3 Å². The van der Waals surface area contributed by atoms with E-state index in [0.29, 0.717) is 18.2 Å². The predicted molar refractivity (Wildman–Crippen MR) is 91.3 cm³/mol. The zero-order valence-corrected chi connectivity index (χ0v) is 14.7. The molecular weight excluding hydrogens is 322 g/mol. The summed E-state index contributed by atoms with van der Waals surface area (Å²) in [5.74, 6) is 0.364. The van der Waals surface area contributed by atoms with Crippen LogP contribution in [0, 0.1) is 16.0 Å². The molecule has 1 aromatic carbocycles. The van der Waals surface area contributed by atoms with Crippen molar-refractivity contribution in [1.82, 2.24) is 0 Å². The number of ether oxygens (including phenoxy) is 1. The lowest BCUT2D eigenvalue weighted by Gasteiger charge is -2.20. The maximum Gasteiger partial charge on any atom is 0.412 e. The van der Waals surface area contributed by atoms with Gasteiger partial charge in [-0.3, -0.25) is 15.4 Å². The second-order valence-electron chi connectivity index (χ2n) is 6.51. The molecule has 1 aromatic rings. The van der Waals surface area contributed by atoms with E-state index in [0.717, 1.165) is 0 Å². The van der Waals surface area contributed by atoms with Crippen LogP contribution in [0.25, 0.3) is 0 Å². The molecule has 0 bridgehead atoms. The number of nitro benzene ring substituents is 1. The molecule has 0 atom stereocenters. The molecule has 23 heavy (non-hydrogen) atoms. The average Bonchev–Trinajstić information content (AvgIpc) is 2.36. The first-order valence-corrected chi connectivity index (χ1v) is 7.59. The summed E-state index contributed by atoms with van der Waals surface area (Å²) in [5, 5.41) is 16.9. The van der Waals surface area contributed by atoms with Crippen LogP contribution in [0.3, 0.4) is 0 Å². The molecule has 0 aliphatic rings. The fraction of sp³-hybridized carbons (Fsp3) is 0.533. The highest BCUT2D eigenvalue weighted by molar-refractivity contribution is 6.33. The SMILES string of the molecule is CC(C)CNc1cc(NC(=O)OC(C)(C)C)c([N+](=O)[O-])cc1Cl. The summed E-state index contributed by atoms with van der Waals surface area (Å²) in [6.07, 6.45) is -0.766. The van der Waals surface area contributed by atoms with Crippen LogP contribution >= 0.6 is 11.6 Å². The smallest absolute Gasteiger partial charge is 0.412 e. The third kappa shape index (κ3) is 6.32. The van der Waals surface area contributed by atoms with Gasteiger partial charge in [0.15, 0.2) is 0 Å². The number of nitro groups is 1. The van der Waals surface area contributed by atoms with Gasteiger partial charge in [-0.25, -0.2) is 4.79 Å². The van der Waals surface area contributed by atoms with E-state index < -0.39 is 16.6 Å². The molecule has 0 unspecified atom stereocenters. The van der Waals surface area contributed by atoms with Crippen molar-refractivity contribution < 1.29 is 14.5 Å². The molecule has 0 saturated heterocycles. The zero-order chi connectivity index (χ0) is 17.8. The molecule has 0 spiro atoms.